The van der Waals surface area contributed by atoms with E-state index in [1.165, 1.54) is 0 Å². The fourth-order valence-electron chi connectivity index (χ4n) is 3.40. The SMILES string of the molecule is Cc1ccc(NC(=O)COc2ccc(/C=C(/C#N)c3ccc4ccccc4c3)cc2Cl)cc1. The summed E-state index contributed by atoms with van der Waals surface area (Å²) in [5, 5.41) is 15.0. The van der Waals surface area contributed by atoms with Gasteiger partial charge in [-0.2, -0.15) is 5.26 Å². The molecule has 0 heterocycles. The third kappa shape index (κ3) is 5.60. The molecule has 0 bridgehead atoms. The number of fused-ring (bicyclic) bond motifs is 1. The molecule has 0 saturated heterocycles. The number of hydrogen-bond donors (Lipinski definition) is 1. The first-order valence-electron chi connectivity index (χ1n) is 10.4. The van der Waals surface area contributed by atoms with E-state index in [1.807, 2.05) is 73.7 Å². The predicted octanol–water partition coefficient (Wildman–Crippen LogP) is 6.88. The Hall–Kier alpha value is -4.07. The highest BCUT2D eigenvalue weighted by Crippen LogP contribution is 2.28. The van der Waals surface area contributed by atoms with E-state index in [2.05, 4.69) is 11.4 Å². The van der Waals surface area contributed by atoms with E-state index in [0.29, 0.717) is 22.0 Å². The smallest absolute Gasteiger partial charge is 0.262 e. The molecule has 1 N–H and O–H groups in total. The number of anilines is 1. The van der Waals surface area contributed by atoms with E-state index in [9.17, 15) is 10.1 Å². The van der Waals surface area contributed by atoms with Gasteiger partial charge in [0, 0.05) is 5.69 Å². The van der Waals surface area contributed by atoms with Gasteiger partial charge in [0.2, 0.25) is 0 Å². The van der Waals surface area contributed by atoms with Crippen LogP contribution in [0.15, 0.2) is 84.9 Å². The number of rotatable bonds is 6. The van der Waals surface area contributed by atoms with Crippen LogP contribution in [0.1, 0.15) is 16.7 Å². The summed E-state index contributed by atoms with van der Waals surface area (Å²) in [6.07, 6.45) is 1.78. The van der Waals surface area contributed by atoms with E-state index in [-0.39, 0.29) is 12.5 Å². The third-order valence-corrected chi connectivity index (χ3v) is 5.44. The Labute approximate surface area is 197 Å². The Bertz CT molecular complexity index is 1390. The Morgan fingerprint density at radius 1 is 1.00 bits per heavy atom. The monoisotopic (exact) mass is 452 g/mol. The van der Waals surface area contributed by atoms with Crippen molar-refractivity contribution >= 4 is 45.6 Å². The molecule has 4 nitrogen and oxygen atoms in total. The lowest BCUT2D eigenvalue weighted by Crippen LogP contribution is -2.20. The first kappa shape index (κ1) is 22.1. The number of hydrogen-bond acceptors (Lipinski definition) is 3. The zero-order chi connectivity index (χ0) is 23.2. The number of carbonyl (C=O) groups excluding carboxylic acids is 1. The van der Waals surface area contributed by atoms with Crippen molar-refractivity contribution in [3.8, 4) is 11.8 Å². The first-order valence-corrected chi connectivity index (χ1v) is 10.8. The van der Waals surface area contributed by atoms with Gasteiger partial charge in [-0.15, -0.1) is 0 Å². The molecular weight excluding hydrogens is 432 g/mol. The van der Waals surface area contributed by atoms with Gasteiger partial charge in [0.25, 0.3) is 5.91 Å². The standard InChI is InChI=1S/C28H21ClN2O2/c1-19-6-11-25(12-7-19)31-28(32)18-33-27-13-8-20(15-26(27)29)14-24(17-30)23-10-9-21-4-2-3-5-22(21)16-23/h2-16H,18H2,1H3,(H,31,32)/b24-14-. The lowest BCUT2D eigenvalue weighted by molar-refractivity contribution is -0.118. The van der Waals surface area contributed by atoms with Crippen molar-refractivity contribution in [1.29, 1.82) is 5.26 Å². The number of aryl methyl sites for hydroxylation is 1. The number of amides is 1. The summed E-state index contributed by atoms with van der Waals surface area (Å²) in [6.45, 7) is 1.82. The largest absolute Gasteiger partial charge is 0.482 e. The molecule has 0 fully saturated rings. The second kappa shape index (κ2) is 10.0. The summed E-state index contributed by atoms with van der Waals surface area (Å²) in [4.78, 5) is 12.2. The van der Waals surface area contributed by atoms with Gasteiger partial charge >= 0.3 is 0 Å². The van der Waals surface area contributed by atoms with Crippen LogP contribution in [0.2, 0.25) is 5.02 Å². The molecule has 0 radical (unpaired) electrons. The Morgan fingerprint density at radius 2 is 1.76 bits per heavy atom. The summed E-state index contributed by atoms with van der Waals surface area (Å²) >= 11 is 6.37. The zero-order valence-corrected chi connectivity index (χ0v) is 18.8. The van der Waals surface area contributed by atoms with Crippen molar-refractivity contribution in [3.05, 3.63) is 107 Å². The van der Waals surface area contributed by atoms with Gasteiger partial charge in [-0.25, -0.2) is 0 Å². The molecule has 0 saturated carbocycles. The molecule has 33 heavy (non-hydrogen) atoms. The number of halogens is 1. The predicted molar refractivity (Wildman–Crippen MR) is 134 cm³/mol. The van der Waals surface area contributed by atoms with Crippen LogP contribution < -0.4 is 10.1 Å². The van der Waals surface area contributed by atoms with Crippen molar-refractivity contribution in [2.24, 2.45) is 0 Å². The van der Waals surface area contributed by atoms with E-state index < -0.39 is 0 Å². The van der Waals surface area contributed by atoms with E-state index in [0.717, 1.165) is 27.5 Å². The number of ether oxygens (including phenoxy) is 1. The van der Waals surface area contributed by atoms with Crippen LogP contribution in [0.4, 0.5) is 5.69 Å². The summed E-state index contributed by atoms with van der Waals surface area (Å²) < 4.78 is 5.58. The number of benzene rings is 4. The molecule has 0 aliphatic heterocycles. The number of nitriles is 1. The van der Waals surface area contributed by atoms with Gasteiger partial charge in [-0.1, -0.05) is 71.8 Å². The average molecular weight is 453 g/mol. The van der Waals surface area contributed by atoms with Crippen LogP contribution in [0.3, 0.4) is 0 Å². The number of nitrogens with one attached hydrogen (secondary N) is 1. The quantitative estimate of drug-likeness (QED) is 0.256. The summed E-state index contributed by atoms with van der Waals surface area (Å²) in [5.41, 5.74) is 3.95. The third-order valence-electron chi connectivity index (χ3n) is 5.14. The van der Waals surface area contributed by atoms with Crippen molar-refractivity contribution in [2.45, 2.75) is 6.92 Å². The van der Waals surface area contributed by atoms with Crippen LogP contribution in [-0.2, 0) is 4.79 Å². The molecule has 4 aromatic rings. The number of allylic oxidation sites excluding steroid dienone is 1. The first-order chi connectivity index (χ1) is 16.0. The number of carbonyl (C=O) groups is 1. The van der Waals surface area contributed by atoms with Gasteiger partial charge in [0.05, 0.1) is 16.7 Å². The van der Waals surface area contributed by atoms with E-state index in [1.54, 1.807) is 24.3 Å². The van der Waals surface area contributed by atoms with E-state index >= 15 is 0 Å². The number of nitrogens with zero attached hydrogens (tertiary/aromatic N) is 1. The molecule has 4 rings (SSSR count). The second-order valence-electron chi connectivity index (χ2n) is 7.62. The van der Waals surface area contributed by atoms with Crippen LogP contribution in [0.5, 0.6) is 5.75 Å². The summed E-state index contributed by atoms with van der Waals surface area (Å²) in [6, 6.07) is 29.0. The Balaban J connectivity index is 1.45. The van der Waals surface area contributed by atoms with Gasteiger partial charge in [0.15, 0.2) is 6.61 Å². The maximum atomic E-state index is 12.2. The van der Waals surface area contributed by atoms with Gasteiger partial charge in [-0.05, 0) is 65.2 Å². The lowest BCUT2D eigenvalue weighted by Gasteiger charge is -2.10. The highest BCUT2D eigenvalue weighted by atomic mass is 35.5. The normalized spacial score (nSPS) is 11.1. The van der Waals surface area contributed by atoms with Crippen molar-refractivity contribution in [3.63, 3.8) is 0 Å². The van der Waals surface area contributed by atoms with Crippen molar-refractivity contribution < 1.29 is 9.53 Å². The molecule has 0 unspecified atom stereocenters. The summed E-state index contributed by atoms with van der Waals surface area (Å²) in [7, 11) is 0. The highest BCUT2D eigenvalue weighted by Gasteiger charge is 2.08. The minimum atomic E-state index is -0.276. The van der Waals surface area contributed by atoms with E-state index in [4.69, 9.17) is 16.3 Å². The fraction of sp³-hybridized carbons (Fsp3) is 0.0714. The van der Waals surface area contributed by atoms with Crippen LogP contribution >= 0.6 is 11.6 Å². The minimum Gasteiger partial charge on any atom is -0.482 e. The zero-order valence-electron chi connectivity index (χ0n) is 18.0. The van der Waals surface area contributed by atoms with Crippen LogP contribution in [-0.4, -0.2) is 12.5 Å². The minimum absolute atomic E-state index is 0.163. The second-order valence-corrected chi connectivity index (χ2v) is 8.03. The Kier molecular flexibility index (Phi) is 6.73. The maximum Gasteiger partial charge on any atom is 0.262 e. The van der Waals surface area contributed by atoms with Crippen molar-refractivity contribution in [1.82, 2.24) is 0 Å². The molecule has 0 aromatic heterocycles. The molecule has 0 atom stereocenters. The maximum absolute atomic E-state index is 12.2. The topological polar surface area (TPSA) is 62.1 Å². The van der Waals surface area contributed by atoms with Crippen LogP contribution in [0, 0.1) is 18.3 Å². The molecule has 1 amide bonds. The summed E-state index contributed by atoms with van der Waals surface area (Å²) in [5.74, 6) is 0.124. The fourth-order valence-corrected chi connectivity index (χ4v) is 3.65. The van der Waals surface area contributed by atoms with Gasteiger partial charge in [-0.3, -0.25) is 4.79 Å². The van der Waals surface area contributed by atoms with Crippen molar-refractivity contribution in [2.75, 3.05) is 11.9 Å². The van der Waals surface area contributed by atoms with Crippen LogP contribution in [0.25, 0.3) is 22.4 Å². The highest BCUT2D eigenvalue weighted by molar-refractivity contribution is 6.32. The average Bonchev–Trinajstić information content (AvgIpc) is 2.83. The molecule has 0 spiro atoms. The van der Waals surface area contributed by atoms with Gasteiger partial charge in [0.1, 0.15) is 5.75 Å². The Morgan fingerprint density at radius 3 is 2.48 bits per heavy atom. The van der Waals surface area contributed by atoms with Gasteiger partial charge < -0.3 is 10.1 Å². The molecule has 0 aliphatic carbocycles. The molecule has 162 valence electrons. The molecule has 0 aliphatic rings. The molecule has 4 aromatic carbocycles. The molecular formula is C28H21ClN2O2. The lowest BCUT2D eigenvalue weighted by atomic mass is 10.00. The molecule has 5 heteroatoms.